The number of amides is 1. The summed E-state index contributed by atoms with van der Waals surface area (Å²) in [5, 5.41) is 6.89. The number of pyridine rings is 1. The predicted molar refractivity (Wildman–Crippen MR) is 135 cm³/mol. The fourth-order valence-corrected chi connectivity index (χ4v) is 3.81. The van der Waals surface area contributed by atoms with Gasteiger partial charge in [-0.1, -0.05) is 0 Å². The zero-order valence-electron chi connectivity index (χ0n) is 19.7. The molecule has 0 aliphatic carbocycles. The maximum absolute atomic E-state index is 15.5. The van der Waals surface area contributed by atoms with Gasteiger partial charge >= 0.3 is 6.09 Å². The molecule has 0 saturated carbocycles. The summed E-state index contributed by atoms with van der Waals surface area (Å²) in [5.74, 6) is 0.200. The van der Waals surface area contributed by atoms with Crippen LogP contribution in [0, 0.1) is 5.82 Å². The van der Waals surface area contributed by atoms with E-state index >= 15 is 4.39 Å². The second kappa shape index (κ2) is 10.2. The van der Waals surface area contributed by atoms with Crippen molar-refractivity contribution in [1.82, 2.24) is 30.0 Å². The maximum atomic E-state index is 15.5. The highest BCUT2D eigenvalue weighted by Crippen LogP contribution is 2.36. The van der Waals surface area contributed by atoms with Gasteiger partial charge in [-0.2, -0.15) is 18.6 Å². The standard InChI is InChI=1S/C23H22FN7O4.H2S/c1-30-10-13(8-26-30)17-9-25-16-4-5-20(29-22(16)28-17)31(11-14-12-35-23(32)27-14)18-6-15(33-2)7-19(34-3)21(18)24;/h4-10,14H,11-12H2,1-3H3,(H,27,32);1H2. The Morgan fingerprint density at radius 1 is 1.22 bits per heavy atom. The van der Waals surface area contributed by atoms with Crippen molar-refractivity contribution in [1.29, 1.82) is 0 Å². The first-order valence-corrected chi connectivity index (χ1v) is 10.7. The number of carbonyl (C=O) groups is 1. The van der Waals surface area contributed by atoms with E-state index in [-0.39, 0.29) is 38.1 Å². The van der Waals surface area contributed by atoms with Crippen molar-refractivity contribution >= 4 is 42.3 Å². The smallest absolute Gasteiger partial charge is 0.407 e. The van der Waals surface area contributed by atoms with Gasteiger partial charge in [-0.3, -0.25) is 9.67 Å². The van der Waals surface area contributed by atoms with E-state index in [1.54, 1.807) is 40.2 Å². The van der Waals surface area contributed by atoms with Crippen LogP contribution in [0.15, 0.2) is 42.9 Å². The molecule has 13 heteroatoms. The number of hydrogen-bond acceptors (Lipinski definition) is 9. The third kappa shape index (κ3) is 4.82. The van der Waals surface area contributed by atoms with Gasteiger partial charge < -0.3 is 24.4 Å². The summed E-state index contributed by atoms with van der Waals surface area (Å²) in [4.78, 5) is 27.0. The number of carbonyl (C=O) groups excluding carboxylic acids is 1. The van der Waals surface area contributed by atoms with Gasteiger partial charge in [0.15, 0.2) is 17.2 Å². The molecule has 1 aliphatic heterocycles. The fourth-order valence-electron chi connectivity index (χ4n) is 3.81. The summed E-state index contributed by atoms with van der Waals surface area (Å²) >= 11 is 0. The zero-order valence-corrected chi connectivity index (χ0v) is 20.7. The van der Waals surface area contributed by atoms with Gasteiger partial charge in [-0.25, -0.2) is 19.2 Å². The molecule has 1 saturated heterocycles. The maximum Gasteiger partial charge on any atom is 0.407 e. The monoisotopic (exact) mass is 513 g/mol. The molecule has 4 heterocycles. The Morgan fingerprint density at radius 3 is 2.72 bits per heavy atom. The Bertz CT molecular complexity index is 1420. The summed E-state index contributed by atoms with van der Waals surface area (Å²) in [6.45, 7) is 0.309. The van der Waals surface area contributed by atoms with Gasteiger partial charge in [0, 0.05) is 37.5 Å². The van der Waals surface area contributed by atoms with Gasteiger partial charge in [0.2, 0.25) is 0 Å². The number of alkyl carbamates (subject to hydrolysis) is 1. The fraction of sp³-hybridized carbons (Fsp3) is 0.261. The van der Waals surface area contributed by atoms with E-state index in [0.717, 1.165) is 5.56 Å². The first-order chi connectivity index (χ1) is 16.9. The lowest BCUT2D eigenvalue weighted by atomic mass is 10.2. The van der Waals surface area contributed by atoms with Crippen molar-refractivity contribution in [2.75, 3.05) is 32.3 Å². The molecule has 0 radical (unpaired) electrons. The molecule has 3 aromatic heterocycles. The average molecular weight is 514 g/mol. The Morgan fingerprint density at radius 2 is 2.06 bits per heavy atom. The summed E-state index contributed by atoms with van der Waals surface area (Å²) in [7, 11) is 4.67. The van der Waals surface area contributed by atoms with Crippen molar-refractivity contribution in [2.45, 2.75) is 6.04 Å². The molecule has 1 N–H and O–H groups in total. The highest BCUT2D eigenvalue weighted by molar-refractivity contribution is 7.59. The van der Waals surface area contributed by atoms with E-state index in [1.807, 2.05) is 13.2 Å². The molecule has 11 nitrogen and oxygen atoms in total. The number of benzene rings is 1. The van der Waals surface area contributed by atoms with E-state index in [2.05, 4.69) is 25.4 Å². The molecular weight excluding hydrogens is 489 g/mol. The number of anilines is 2. The number of ether oxygens (including phenoxy) is 3. The van der Waals surface area contributed by atoms with Crippen LogP contribution < -0.4 is 19.7 Å². The van der Waals surface area contributed by atoms with E-state index in [0.29, 0.717) is 28.4 Å². The number of nitrogens with zero attached hydrogens (tertiary/aromatic N) is 6. The Kier molecular flexibility index (Phi) is 7.10. The zero-order chi connectivity index (χ0) is 24.5. The number of aryl methyl sites for hydroxylation is 1. The second-order valence-electron chi connectivity index (χ2n) is 7.88. The lowest BCUT2D eigenvalue weighted by Crippen LogP contribution is -2.38. The quantitative estimate of drug-likeness (QED) is 0.398. The van der Waals surface area contributed by atoms with Gasteiger partial charge in [0.25, 0.3) is 0 Å². The topological polar surface area (TPSA) is 117 Å². The number of halogens is 1. The Hall–Kier alpha value is -4.13. The third-order valence-corrected chi connectivity index (χ3v) is 5.55. The van der Waals surface area contributed by atoms with Crippen LogP contribution in [-0.4, -0.2) is 64.2 Å². The number of nitrogens with one attached hydrogen (secondary N) is 1. The number of methoxy groups -OCH3 is 2. The van der Waals surface area contributed by atoms with Crippen LogP contribution in [0.3, 0.4) is 0 Å². The van der Waals surface area contributed by atoms with Crippen molar-refractivity contribution in [2.24, 2.45) is 7.05 Å². The molecule has 1 atom stereocenters. The van der Waals surface area contributed by atoms with E-state index < -0.39 is 18.0 Å². The summed E-state index contributed by atoms with van der Waals surface area (Å²) < 4.78 is 32.7. The van der Waals surface area contributed by atoms with E-state index in [9.17, 15) is 4.79 Å². The predicted octanol–water partition coefficient (Wildman–Crippen LogP) is 2.94. The van der Waals surface area contributed by atoms with Crippen LogP contribution in [0.2, 0.25) is 0 Å². The average Bonchev–Trinajstić information content (AvgIpc) is 3.50. The largest absolute Gasteiger partial charge is 0.497 e. The molecule has 1 fully saturated rings. The van der Waals surface area contributed by atoms with Crippen molar-refractivity contribution < 1.29 is 23.4 Å². The van der Waals surface area contributed by atoms with Gasteiger partial charge in [-0.15, -0.1) is 0 Å². The van der Waals surface area contributed by atoms with Crippen LogP contribution >= 0.6 is 13.5 Å². The second-order valence-corrected chi connectivity index (χ2v) is 7.88. The molecule has 1 amide bonds. The number of rotatable bonds is 7. The number of cyclic esters (lactones) is 1. The molecule has 5 rings (SSSR count). The lowest BCUT2D eigenvalue weighted by molar-refractivity contribution is 0.177. The van der Waals surface area contributed by atoms with Gasteiger partial charge in [0.05, 0.1) is 44.0 Å². The Labute approximate surface area is 212 Å². The molecule has 0 spiro atoms. The number of hydrogen-bond donors (Lipinski definition) is 1. The molecule has 1 aliphatic rings. The summed E-state index contributed by atoms with van der Waals surface area (Å²) in [6.07, 6.45) is 4.63. The number of aromatic nitrogens is 5. The third-order valence-electron chi connectivity index (χ3n) is 5.55. The minimum atomic E-state index is -0.601. The molecule has 1 aromatic carbocycles. The SMILES string of the molecule is COc1cc(OC)c(F)c(N(CC2COC(=O)N2)c2ccc3ncc(-c4cnn(C)c4)nc3n2)c1.S. The molecule has 36 heavy (non-hydrogen) atoms. The van der Waals surface area contributed by atoms with Crippen LogP contribution in [0.5, 0.6) is 11.5 Å². The van der Waals surface area contributed by atoms with Crippen LogP contribution in [0.25, 0.3) is 22.4 Å². The van der Waals surface area contributed by atoms with E-state index in [4.69, 9.17) is 14.2 Å². The van der Waals surface area contributed by atoms with Crippen LogP contribution in [-0.2, 0) is 11.8 Å². The lowest BCUT2D eigenvalue weighted by Gasteiger charge is -2.27. The minimum absolute atomic E-state index is 0. The number of fused-ring (bicyclic) bond motifs is 1. The first-order valence-electron chi connectivity index (χ1n) is 10.7. The molecule has 0 bridgehead atoms. The summed E-state index contributed by atoms with van der Waals surface area (Å²) in [5.41, 5.74) is 2.50. The molecule has 4 aromatic rings. The van der Waals surface area contributed by atoms with Crippen molar-refractivity contribution in [3.05, 3.63) is 48.7 Å². The van der Waals surface area contributed by atoms with Crippen molar-refractivity contribution in [3.8, 4) is 22.8 Å². The highest BCUT2D eigenvalue weighted by atomic mass is 32.1. The van der Waals surface area contributed by atoms with Crippen molar-refractivity contribution in [3.63, 3.8) is 0 Å². The normalized spacial score (nSPS) is 14.7. The van der Waals surface area contributed by atoms with Gasteiger partial charge in [0.1, 0.15) is 23.7 Å². The molecule has 1 unspecified atom stereocenters. The van der Waals surface area contributed by atoms with E-state index in [1.165, 1.54) is 20.3 Å². The highest BCUT2D eigenvalue weighted by Gasteiger charge is 2.28. The minimum Gasteiger partial charge on any atom is -0.497 e. The molecular formula is C23H24FN7O4S. The van der Waals surface area contributed by atoms with Crippen LogP contribution in [0.4, 0.5) is 20.7 Å². The van der Waals surface area contributed by atoms with Crippen LogP contribution in [0.1, 0.15) is 0 Å². The Balaban J connectivity index is 0.00000304. The summed E-state index contributed by atoms with van der Waals surface area (Å²) in [6, 6.07) is 6.06. The van der Waals surface area contributed by atoms with Gasteiger partial charge in [-0.05, 0) is 12.1 Å². The molecule has 188 valence electrons. The first kappa shape index (κ1) is 25.0.